The van der Waals surface area contributed by atoms with Gasteiger partial charge in [0.25, 0.3) is 0 Å². The van der Waals surface area contributed by atoms with Crippen LogP contribution in [0.4, 0.5) is 0 Å². The van der Waals surface area contributed by atoms with Gasteiger partial charge in [-0.1, -0.05) is 36.4 Å². The van der Waals surface area contributed by atoms with Crippen LogP contribution in [0.1, 0.15) is 10.9 Å². The second kappa shape index (κ2) is 5.79. The van der Waals surface area contributed by atoms with Crippen molar-refractivity contribution in [1.29, 1.82) is 0 Å². The van der Waals surface area contributed by atoms with Gasteiger partial charge in [-0.25, -0.2) is 0 Å². The Morgan fingerprint density at radius 1 is 1.38 bits per heavy atom. The van der Waals surface area contributed by atoms with Gasteiger partial charge in [-0.2, -0.15) is 0 Å². The SMILES string of the molecule is C=CCNCC(Cl)c1ccccc1. The number of alkyl halides is 1. The highest BCUT2D eigenvalue weighted by Gasteiger charge is 2.04. The summed E-state index contributed by atoms with van der Waals surface area (Å²) in [6, 6.07) is 10.1. The summed E-state index contributed by atoms with van der Waals surface area (Å²) in [7, 11) is 0. The van der Waals surface area contributed by atoms with E-state index in [1.54, 1.807) is 0 Å². The van der Waals surface area contributed by atoms with Crippen LogP contribution in [0.15, 0.2) is 43.0 Å². The molecule has 0 bridgehead atoms. The number of hydrogen-bond donors (Lipinski definition) is 1. The van der Waals surface area contributed by atoms with Crippen molar-refractivity contribution in [3.63, 3.8) is 0 Å². The second-order valence-corrected chi connectivity index (χ2v) is 3.35. The third-order valence-corrected chi connectivity index (χ3v) is 2.18. The molecule has 0 aliphatic heterocycles. The van der Waals surface area contributed by atoms with Crippen molar-refractivity contribution in [2.24, 2.45) is 0 Å². The van der Waals surface area contributed by atoms with E-state index in [9.17, 15) is 0 Å². The van der Waals surface area contributed by atoms with Gasteiger partial charge < -0.3 is 5.32 Å². The van der Waals surface area contributed by atoms with E-state index in [1.807, 2.05) is 36.4 Å². The van der Waals surface area contributed by atoms with Gasteiger partial charge in [0.15, 0.2) is 0 Å². The van der Waals surface area contributed by atoms with Gasteiger partial charge in [0.05, 0.1) is 5.38 Å². The monoisotopic (exact) mass is 195 g/mol. The van der Waals surface area contributed by atoms with E-state index in [2.05, 4.69) is 11.9 Å². The minimum Gasteiger partial charge on any atom is -0.311 e. The summed E-state index contributed by atoms with van der Waals surface area (Å²) in [6.45, 7) is 5.20. The largest absolute Gasteiger partial charge is 0.311 e. The summed E-state index contributed by atoms with van der Waals surface area (Å²) in [5, 5.41) is 3.23. The molecular formula is C11H14ClN. The van der Waals surface area contributed by atoms with Gasteiger partial charge in [-0.05, 0) is 5.56 Å². The molecule has 0 saturated heterocycles. The molecule has 0 fully saturated rings. The van der Waals surface area contributed by atoms with Gasteiger partial charge in [-0.3, -0.25) is 0 Å². The van der Waals surface area contributed by atoms with Crippen LogP contribution < -0.4 is 5.32 Å². The average Bonchev–Trinajstić information content (AvgIpc) is 2.19. The number of benzene rings is 1. The first-order chi connectivity index (χ1) is 6.34. The lowest BCUT2D eigenvalue weighted by atomic mass is 10.1. The summed E-state index contributed by atoms with van der Waals surface area (Å²) >= 11 is 6.15. The summed E-state index contributed by atoms with van der Waals surface area (Å²) < 4.78 is 0. The van der Waals surface area contributed by atoms with E-state index in [4.69, 9.17) is 11.6 Å². The molecular weight excluding hydrogens is 182 g/mol. The molecule has 1 unspecified atom stereocenters. The number of nitrogens with one attached hydrogen (secondary N) is 1. The molecule has 0 spiro atoms. The lowest BCUT2D eigenvalue weighted by Gasteiger charge is -2.09. The van der Waals surface area contributed by atoms with Gasteiger partial charge in [0.2, 0.25) is 0 Å². The molecule has 0 aliphatic carbocycles. The topological polar surface area (TPSA) is 12.0 Å². The Labute approximate surface area is 84.4 Å². The average molecular weight is 196 g/mol. The molecule has 1 nitrogen and oxygen atoms in total. The number of rotatable bonds is 5. The first-order valence-electron chi connectivity index (χ1n) is 4.35. The Morgan fingerprint density at radius 3 is 2.69 bits per heavy atom. The van der Waals surface area contributed by atoms with Crippen LogP contribution in [0.5, 0.6) is 0 Å². The smallest absolute Gasteiger partial charge is 0.0709 e. The highest BCUT2D eigenvalue weighted by atomic mass is 35.5. The molecule has 1 rings (SSSR count). The predicted molar refractivity (Wildman–Crippen MR) is 58.1 cm³/mol. The van der Waals surface area contributed by atoms with Crippen LogP contribution in [-0.2, 0) is 0 Å². The Hall–Kier alpha value is -0.790. The maximum absolute atomic E-state index is 6.15. The molecule has 0 saturated carbocycles. The predicted octanol–water partition coefficient (Wildman–Crippen LogP) is 2.74. The van der Waals surface area contributed by atoms with Crippen LogP contribution in [0.25, 0.3) is 0 Å². The molecule has 0 aromatic heterocycles. The van der Waals surface area contributed by atoms with E-state index in [0.29, 0.717) is 0 Å². The molecule has 1 atom stereocenters. The molecule has 0 heterocycles. The Morgan fingerprint density at radius 2 is 2.08 bits per heavy atom. The molecule has 0 radical (unpaired) electrons. The van der Waals surface area contributed by atoms with Crippen molar-refractivity contribution in [2.45, 2.75) is 5.38 Å². The highest BCUT2D eigenvalue weighted by molar-refractivity contribution is 6.21. The van der Waals surface area contributed by atoms with Crippen molar-refractivity contribution in [3.05, 3.63) is 48.6 Å². The van der Waals surface area contributed by atoms with E-state index in [0.717, 1.165) is 18.7 Å². The Kier molecular flexibility index (Phi) is 4.58. The molecule has 1 aromatic carbocycles. The summed E-state index contributed by atoms with van der Waals surface area (Å²) in [5.74, 6) is 0. The van der Waals surface area contributed by atoms with Gasteiger partial charge in [0, 0.05) is 13.1 Å². The quantitative estimate of drug-likeness (QED) is 0.433. The fraction of sp³-hybridized carbons (Fsp3) is 0.273. The number of hydrogen-bond acceptors (Lipinski definition) is 1. The minimum atomic E-state index is 0.0427. The van der Waals surface area contributed by atoms with E-state index in [-0.39, 0.29) is 5.38 Å². The molecule has 70 valence electrons. The standard InChI is InChI=1S/C11H14ClN/c1-2-8-13-9-11(12)10-6-4-3-5-7-10/h2-7,11,13H,1,8-9H2. The van der Waals surface area contributed by atoms with Crippen LogP contribution in [0.2, 0.25) is 0 Å². The maximum atomic E-state index is 6.15. The normalized spacial score (nSPS) is 12.4. The van der Waals surface area contributed by atoms with Gasteiger partial charge >= 0.3 is 0 Å². The zero-order chi connectivity index (χ0) is 9.52. The van der Waals surface area contributed by atoms with Crippen molar-refractivity contribution < 1.29 is 0 Å². The van der Waals surface area contributed by atoms with E-state index in [1.165, 1.54) is 0 Å². The van der Waals surface area contributed by atoms with Crippen LogP contribution >= 0.6 is 11.6 Å². The zero-order valence-electron chi connectivity index (χ0n) is 7.54. The van der Waals surface area contributed by atoms with Crippen molar-refractivity contribution in [3.8, 4) is 0 Å². The molecule has 0 amide bonds. The van der Waals surface area contributed by atoms with Crippen LogP contribution in [0, 0.1) is 0 Å². The summed E-state index contributed by atoms with van der Waals surface area (Å²) in [5.41, 5.74) is 1.15. The second-order valence-electron chi connectivity index (χ2n) is 2.83. The van der Waals surface area contributed by atoms with Crippen LogP contribution in [0.3, 0.4) is 0 Å². The van der Waals surface area contributed by atoms with E-state index >= 15 is 0 Å². The van der Waals surface area contributed by atoms with Crippen molar-refractivity contribution in [2.75, 3.05) is 13.1 Å². The first-order valence-corrected chi connectivity index (χ1v) is 4.79. The Bertz CT molecular complexity index is 246. The summed E-state index contributed by atoms with van der Waals surface area (Å²) in [4.78, 5) is 0. The maximum Gasteiger partial charge on any atom is 0.0709 e. The molecule has 13 heavy (non-hydrogen) atoms. The van der Waals surface area contributed by atoms with Crippen molar-refractivity contribution >= 4 is 11.6 Å². The third-order valence-electron chi connectivity index (χ3n) is 1.77. The first kappa shape index (κ1) is 10.3. The molecule has 1 aromatic rings. The highest BCUT2D eigenvalue weighted by Crippen LogP contribution is 2.18. The third kappa shape index (κ3) is 3.62. The fourth-order valence-corrected chi connectivity index (χ4v) is 1.35. The fourth-order valence-electron chi connectivity index (χ4n) is 1.09. The molecule has 2 heteroatoms. The molecule has 1 N–H and O–H groups in total. The Balaban J connectivity index is 2.39. The van der Waals surface area contributed by atoms with Gasteiger partial charge in [-0.15, -0.1) is 18.2 Å². The summed E-state index contributed by atoms with van der Waals surface area (Å²) in [6.07, 6.45) is 1.83. The van der Waals surface area contributed by atoms with Crippen LogP contribution in [-0.4, -0.2) is 13.1 Å². The van der Waals surface area contributed by atoms with Crippen molar-refractivity contribution in [1.82, 2.24) is 5.32 Å². The van der Waals surface area contributed by atoms with E-state index < -0.39 is 0 Å². The lowest BCUT2D eigenvalue weighted by Crippen LogP contribution is -2.18. The minimum absolute atomic E-state index is 0.0427. The lowest BCUT2D eigenvalue weighted by molar-refractivity contribution is 0.728. The van der Waals surface area contributed by atoms with Gasteiger partial charge in [0.1, 0.15) is 0 Å². The number of halogens is 1. The molecule has 0 aliphatic rings. The zero-order valence-corrected chi connectivity index (χ0v) is 8.30.